The lowest BCUT2D eigenvalue weighted by Crippen LogP contribution is -2.03. The molecule has 0 saturated carbocycles. The van der Waals surface area contributed by atoms with Gasteiger partial charge < -0.3 is 18.9 Å². The number of hydrogen-bond donors (Lipinski definition) is 0. The lowest BCUT2D eigenvalue weighted by Gasteiger charge is -2.17. The van der Waals surface area contributed by atoms with E-state index in [9.17, 15) is 0 Å². The molecule has 0 heterocycles. The van der Waals surface area contributed by atoms with Crippen LogP contribution < -0.4 is 18.9 Å². The molecule has 0 aliphatic heterocycles. The molecule has 1 radical (unpaired) electrons. The van der Waals surface area contributed by atoms with Gasteiger partial charge in [0.25, 0.3) is 0 Å². The van der Waals surface area contributed by atoms with Crippen LogP contribution in [0.5, 0.6) is 23.0 Å². The number of methoxy groups -OCH3 is 3. The van der Waals surface area contributed by atoms with Crippen LogP contribution in [0, 0.1) is 6.07 Å². The summed E-state index contributed by atoms with van der Waals surface area (Å²) in [5, 5.41) is 0. The van der Waals surface area contributed by atoms with Gasteiger partial charge in [0.2, 0.25) is 5.75 Å². The highest BCUT2D eigenvalue weighted by atomic mass is 16.5. The van der Waals surface area contributed by atoms with Crippen molar-refractivity contribution in [2.75, 3.05) is 21.3 Å². The fourth-order valence-electron chi connectivity index (χ4n) is 2.81. The molecule has 4 nitrogen and oxygen atoms in total. The molecule has 0 saturated heterocycles. The standard InChI is InChI=1S/C22H21O4/c1-23-20-14-13-17(21(24-2)22(20)25-3)15-26-19-12-8-7-11-18(19)16-9-5-4-6-10-16/h4-11,13-14H,15H2,1-3H3. The molecule has 26 heavy (non-hydrogen) atoms. The van der Waals surface area contributed by atoms with E-state index in [0.29, 0.717) is 29.6 Å². The van der Waals surface area contributed by atoms with Crippen molar-refractivity contribution in [3.05, 3.63) is 72.3 Å². The maximum absolute atomic E-state index is 6.06. The van der Waals surface area contributed by atoms with Crippen LogP contribution in [0.4, 0.5) is 0 Å². The summed E-state index contributed by atoms with van der Waals surface area (Å²) >= 11 is 0. The maximum atomic E-state index is 6.06. The van der Waals surface area contributed by atoms with Gasteiger partial charge in [0.05, 0.1) is 21.3 Å². The number of ether oxygens (including phenoxy) is 4. The summed E-state index contributed by atoms with van der Waals surface area (Å²) in [6.07, 6.45) is 0. The first-order chi connectivity index (χ1) is 12.8. The molecule has 0 fully saturated rings. The summed E-state index contributed by atoms with van der Waals surface area (Å²) in [6.45, 7) is 0.323. The number of benzene rings is 3. The van der Waals surface area contributed by atoms with Crippen molar-refractivity contribution < 1.29 is 18.9 Å². The first kappa shape index (κ1) is 17.7. The Bertz CT molecular complexity index is 859. The highest BCUT2D eigenvalue weighted by Gasteiger charge is 2.16. The second-order valence-electron chi connectivity index (χ2n) is 5.56. The van der Waals surface area contributed by atoms with E-state index in [4.69, 9.17) is 18.9 Å². The smallest absolute Gasteiger partial charge is 0.203 e. The normalized spacial score (nSPS) is 10.3. The molecule has 0 aliphatic rings. The van der Waals surface area contributed by atoms with Gasteiger partial charge in [-0.05, 0) is 17.7 Å². The van der Waals surface area contributed by atoms with Crippen LogP contribution in [0.3, 0.4) is 0 Å². The highest BCUT2D eigenvalue weighted by molar-refractivity contribution is 5.70. The SMILES string of the molecule is COc1ccc(COc2[c]cccc2-c2ccccc2)c(OC)c1OC. The third-order valence-electron chi connectivity index (χ3n) is 4.06. The van der Waals surface area contributed by atoms with E-state index < -0.39 is 0 Å². The van der Waals surface area contributed by atoms with Crippen LogP contribution in [0.15, 0.2) is 60.7 Å². The van der Waals surface area contributed by atoms with Gasteiger partial charge in [-0.1, -0.05) is 48.5 Å². The minimum absolute atomic E-state index is 0.323. The van der Waals surface area contributed by atoms with Crippen LogP contribution in [0.1, 0.15) is 5.56 Å². The predicted octanol–water partition coefficient (Wildman–Crippen LogP) is 4.76. The lowest BCUT2D eigenvalue weighted by atomic mass is 10.0. The molecular formula is C22H21O4. The molecule has 0 atom stereocenters. The zero-order valence-corrected chi connectivity index (χ0v) is 15.1. The molecule has 3 rings (SSSR count). The molecule has 0 bridgehead atoms. The molecule has 4 heteroatoms. The molecule has 133 valence electrons. The maximum Gasteiger partial charge on any atom is 0.203 e. The van der Waals surface area contributed by atoms with Gasteiger partial charge >= 0.3 is 0 Å². The van der Waals surface area contributed by atoms with Gasteiger partial charge in [-0.2, -0.15) is 0 Å². The van der Waals surface area contributed by atoms with Crippen molar-refractivity contribution in [3.63, 3.8) is 0 Å². The minimum Gasteiger partial charge on any atom is -0.493 e. The lowest BCUT2D eigenvalue weighted by molar-refractivity contribution is 0.286. The Kier molecular flexibility index (Phi) is 5.64. The van der Waals surface area contributed by atoms with Crippen LogP contribution in [-0.2, 0) is 6.61 Å². The highest BCUT2D eigenvalue weighted by Crippen LogP contribution is 2.40. The molecule has 0 aliphatic carbocycles. The van der Waals surface area contributed by atoms with E-state index in [0.717, 1.165) is 16.7 Å². The first-order valence-corrected chi connectivity index (χ1v) is 8.25. The molecule has 0 N–H and O–H groups in total. The third kappa shape index (κ3) is 3.59. The largest absolute Gasteiger partial charge is 0.493 e. The van der Waals surface area contributed by atoms with E-state index in [1.807, 2.05) is 60.7 Å². The van der Waals surface area contributed by atoms with Crippen molar-refractivity contribution in [2.24, 2.45) is 0 Å². The molecule has 3 aromatic carbocycles. The van der Waals surface area contributed by atoms with Gasteiger partial charge in [-0.25, -0.2) is 0 Å². The molecule has 0 amide bonds. The predicted molar refractivity (Wildman–Crippen MR) is 101 cm³/mol. The van der Waals surface area contributed by atoms with Crippen LogP contribution in [-0.4, -0.2) is 21.3 Å². The summed E-state index contributed by atoms with van der Waals surface area (Å²) in [5.41, 5.74) is 2.94. The Morgan fingerprint density at radius 3 is 2.23 bits per heavy atom. The van der Waals surface area contributed by atoms with E-state index >= 15 is 0 Å². The van der Waals surface area contributed by atoms with Gasteiger partial charge in [0, 0.05) is 17.2 Å². The van der Waals surface area contributed by atoms with Gasteiger partial charge in [0.1, 0.15) is 12.4 Å². The molecule has 3 aromatic rings. The fourth-order valence-corrected chi connectivity index (χ4v) is 2.81. The molecular weight excluding hydrogens is 328 g/mol. The Morgan fingerprint density at radius 1 is 0.769 bits per heavy atom. The van der Waals surface area contributed by atoms with Crippen molar-refractivity contribution in [1.29, 1.82) is 0 Å². The summed E-state index contributed by atoms with van der Waals surface area (Å²) in [7, 11) is 4.78. The number of para-hydroxylation sites is 1. The van der Waals surface area contributed by atoms with E-state index in [2.05, 4.69) is 6.07 Å². The number of hydrogen-bond acceptors (Lipinski definition) is 4. The fraction of sp³-hybridized carbons (Fsp3) is 0.182. The zero-order chi connectivity index (χ0) is 18.4. The second-order valence-corrected chi connectivity index (χ2v) is 5.56. The van der Waals surface area contributed by atoms with Crippen molar-refractivity contribution in [2.45, 2.75) is 6.61 Å². The third-order valence-corrected chi connectivity index (χ3v) is 4.06. The topological polar surface area (TPSA) is 36.9 Å². The van der Waals surface area contributed by atoms with Crippen LogP contribution >= 0.6 is 0 Å². The number of rotatable bonds is 7. The Balaban J connectivity index is 1.89. The van der Waals surface area contributed by atoms with Crippen LogP contribution in [0.2, 0.25) is 0 Å². The summed E-state index contributed by atoms with van der Waals surface area (Å²) in [5.74, 6) is 2.46. The van der Waals surface area contributed by atoms with Crippen molar-refractivity contribution in [3.8, 4) is 34.1 Å². The monoisotopic (exact) mass is 349 g/mol. The molecule has 0 unspecified atom stereocenters. The first-order valence-electron chi connectivity index (χ1n) is 8.25. The van der Waals surface area contributed by atoms with Crippen LogP contribution in [0.25, 0.3) is 11.1 Å². The average molecular weight is 349 g/mol. The van der Waals surface area contributed by atoms with Gasteiger partial charge in [-0.3, -0.25) is 0 Å². The summed E-state index contributed by atoms with van der Waals surface area (Å²) < 4.78 is 22.3. The quantitative estimate of drug-likeness (QED) is 0.616. The Morgan fingerprint density at radius 2 is 1.54 bits per heavy atom. The zero-order valence-electron chi connectivity index (χ0n) is 15.1. The Labute approximate surface area is 153 Å². The summed E-state index contributed by atoms with van der Waals surface area (Å²) in [6, 6.07) is 22.8. The van der Waals surface area contributed by atoms with E-state index in [1.165, 1.54) is 0 Å². The van der Waals surface area contributed by atoms with E-state index in [1.54, 1.807) is 21.3 Å². The summed E-state index contributed by atoms with van der Waals surface area (Å²) in [4.78, 5) is 0. The second kappa shape index (κ2) is 8.30. The molecule has 0 spiro atoms. The van der Waals surface area contributed by atoms with E-state index in [-0.39, 0.29) is 0 Å². The molecule has 0 aromatic heterocycles. The van der Waals surface area contributed by atoms with Crippen molar-refractivity contribution in [1.82, 2.24) is 0 Å². The minimum atomic E-state index is 0.323. The van der Waals surface area contributed by atoms with Gasteiger partial charge in [0.15, 0.2) is 11.5 Å². The van der Waals surface area contributed by atoms with Crippen molar-refractivity contribution >= 4 is 0 Å². The van der Waals surface area contributed by atoms with Gasteiger partial charge in [-0.15, -0.1) is 0 Å². The Hall–Kier alpha value is -3.14. The average Bonchev–Trinajstić information content (AvgIpc) is 2.72.